The van der Waals surface area contributed by atoms with E-state index in [1.165, 1.54) is 4.88 Å². The molecule has 2 heterocycles. The Morgan fingerprint density at radius 1 is 1.32 bits per heavy atom. The average molecular weight is 402 g/mol. The number of para-hydroxylation sites is 2. The van der Waals surface area contributed by atoms with Crippen molar-refractivity contribution in [1.82, 2.24) is 10.2 Å². The summed E-state index contributed by atoms with van der Waals surface area (Å²) in [6.45, 7) is 3.33. The SMILES string of the molecule is CCOc1ccccc1N1CC(C(=O)NCC(c2cccs2)N(C)C)CC1=O. The Bertz CT molecular complexity index is 807. The molecular weight excluding hydrogens is 374 g/mol. The van der Waals surface area contributed by atoms with E-state index in [1.807, 2.05) is 56.7 Å². The summed E-state index contributed by atoms with van der Waals surface area (Å²) < 4.78 is 5.64. The van der Waals surface area contributed by atoms with Gasteiger partial charge in [0, 0.05) is 24.4 Å². The van der Waals surface area contributed by atoms with Crippen LogP contribution in [0.2, 0.25) is 0 Å². The maximum atomic E-state index is 12.7. The van der Waals surface area contributed by atoms with Crippen LogP contribution in [0.25, 0.3) is 0 Å². The Morgan fingerprint density at radius 3 is 2.79 bits per heavy atom. The molecule has 0 spiro atoms. The van der Waals surface area contributed by atoms with Gasteiger partial charge >= 0.3 is 0 Å². The van der Waals surface area contributed by atoms with Crippen molar-refractivity contribution >= 4 is 28.8 Å². The van der Waals surface area contributed by atoms with Gasteiger partial charge in [0.05, 0.1) is 24.3 Å². The Morgan fingerprint density at radius 2 is 2.11 bits per heavy atom. The van der Waals surface area contributed by atoms with Crippen molar-refractivity contribution < 1.29 is 14.3 Å². The normalized spacial score (nSPS) is 17.8. The van der Waals surface area contributed by atoms with Gasteiger partial charge in [-0.1, -0.05) is 18.2 Å². The van der Waals surface area contributed by atoms with E-state index >= 15 is 0 Å². The average Bonchev–Trinajstić information content (AvgIpc) is 3.32. The first-order chi connectivity index (χ1) is 13.5. The molecule has 1 aromatic carbocycles. The number of hydrogen-bond acceptors (Lipinski definition) is 5. The third-order valence-electron chi connectivity index (χ3n) is 4.92. The maximum Gasteiger partial charge on any atom is 0.227 e. The molecule has 6 nitrogen and oxygen atoms in total. The maximum absolute atomic E-state index is 12.7. The zero-order valence-electron chi connectivity index (χ0n) is 16.6. The second kappa shape index (κ2) is 9.21. The van der Waals surface area contributed by atoms with E-state index < -0.39 is 0 Å². The van der Waals surface area contributed by atoms with Crippen molar-refractivity contribution in [3.05, 3.63) is 46.7 Å². The van der Waals surface area contributed by atoms with Crippen molar-refractivity contribution in [3.63, 3.8) is 0 Å². The summed E-state index contributed by atoms with van der Waals surface area (Å²) in [5, 5.41) is 5.08. The standard InChI is InChI=1S/C21H27N3O3S/c1-4-27-18-9-6-5-8-16(18)24-14-15(12-20(24)25)21(26)22-13-17(23(2)3)19-10-7-11-28-19/h5-11,15,17H,4,12-14H2,1-3H3,(H,22,26). The van der Waals surface area contributed by atoms with Gasteiger partial charge in [-0.25, -0.2) is 0 Å². The number of nitrogens with zero attached hydrogens (tertiary/aromatic N) is 2. The lowest BCUT2D eigenvalue weighted by Gasteiger charge is -2.24. The monoisotopic (exact) mass is 401 g/mol. The summed E-state index contributed by atoms with van der Waals surface area (Å²) in [7, 11) is 4.00. The Hall–Kier alpha value is -2.38. The number of benzene rings is 1. The third kappa shape index (κ3) is 4.54. The Labute approximate surface area is 170 Å². The van der Waals surface area contributed by atoms with Gasteiger partial charge in [0.15, 0.2) is 0 Å². The lowest BCUT2D eigenvalue weighted by atomic mass is 10.1. The Balaban J connectivity index is 1.64. The molecule has 7 heteroatoms. The molecule has 1 fully saturated rings. The summed E-state index contributed by atoms with van der Waals surface area (Å²) in [5.74, 6) is 0.195. The molecule has 28 heavy (non-hydrogen) atoms. The summed E-state index contributed by atoms with van der Waals surface area (Å²) in [4.78, 5) is 30.3. The van der Waals surface area contributed by atoms with Crippen LogP contribution in [0.1, 0.15) is 24.3 Å². The molecule has 1 aliphatic heterocycles. The number of nitrogens with one attached hydrogen (secondary N) is 1. The van der Waals surface area contributed by atoms with E-state index in [0.717, 1.165) is 5.69 Å². The molecule has 2 amide bonds. The molecule has 2 unspecified atom stereocenters. The van der Waals surface area contributed by atoms with Gasteiger partial charge in [-0.15, -0.1) is 11.3 Å². The van der Waals surface area contributed by atoms with E-state index in [4.69, 9.17) is 4.74 Å². The fourth-order valence-electron chi connectivity index (χ4n) is 3.43. The zero-order valence-corrected chi connectivity index (χ0v) is 17.4. The molecule has 2 atom stereocenters. The van der Waals surface area contributed by atoms with Crippen LogP contribution in [-0.2, 0) is 9.59 Å². The molecule has 3 rings (SSSR count). The smallest absolute Gasteiger partial charge is 0.227 e. The molecule has 0 saturated carbocycles. The largest absolute Gasteiger partial charge is 0.492 e. The van der Waals surface area contributed by atoms with Gasteiger partial charge in [-0.2, -0.15) is 0 Å². The second-order valence-corrected chi connectivity index (χ2v) is 8.03. The van der Waals surface area contributed by atoms with Crippen molar-refractivity contribution in [2.24, 2.45) is 5.92 Å². The van der Waals surface area contributed by atoms with Gasteiger partial charge < -0.3 is 19.9 Å². The summed E-state index contributed by atoms with van der Waals surface area (Å²) in [6, 6.07) is 11.7. The number of hydrogen-bond donors (Lipinski definition) is 1. The first-order valence-electron chi connectivity index (χ1n) is 9.51. The fourth-order valence-corrected chi connectivity index (χ4v) is 4.36. The Kier molecular flexibility index (Phi) is 6.70. The van der Waals surface area contributed by atoms with E-state index in [1.54, 1.807) is 16.2 Å². The first kappa shape index (κ1) is 20.4. The molecule has 0 bridgehead atoms. The number of anilines is 1. The highest BCUT2D eigenvalue weighted by Gasteiger charge is 2.36. The topological polar surface area (TPSA) is 61.9 Å². The fraction of sp³-hybridized carbons (Fsp3) is 0.429. The highest BCUT2D eigenvalue weighted by Crippen LogP contribution is 2.33. The van der Waals surface area contributed by atoms with E-state index in [-0.39, 0.29) is 30.2 Å². The number of likely N-dealkylation sites (N-methyl/N-ethyl adjacent to an activating group) is 1. The van der Waals surface area contributed by atoms with Crippen molar-refractivity contribution in [1.29, 1.82) is 0 Å². The van der Waals surface area contributed by atoms with Crippen LogP contribution in [0.3, 0.4) is 0 Å². The first-order valence-corrected chi connectivity index (χ1v) is 10.4. The predicted molar refractivity (Wildman–Crippen MR) is 112 cm³/mol. The van der Waals surface area contributed by atoms with Crippen LogP contribution in [0.15, 0.2) is 41.8 Å². The van der Waals surface area contributed by atoms with Gasteiger partial charge in [0.2, 0.25) is 11.8 Å². The highest BCUT2D eigenvalue weighted by atomic mass is 32.1. The van der Waals surface area contributed by atoms with Crippen LogP contribution in [-0.4, -0.2) is 50.5 Å². The lowest BCUT2D eigenvalue weighted by Crippen LogP contribution is -2.38. The summed E-state index contributed by atoms with van der Waals surface area (Å²) in [6.07, 6.45) is 0.220. The van der Waals surface area contributed by atoms with Gasteiger partial charge in [0.25, 0.3) is 0 Å². The minimum absolute atomic E-state index is 0.0466. The van der Waals surface area contributed by atoms with Crippen molar-refractivity contribution in [3.8, 4) is 5.75 Å². The van der Waals surface area contributed by atoms with E-state index in [9.17, 15) is 9.59 Å². The van der Waals surface area contributed by atoms with Crippen LogP contribution >= 0.6 is 11.3 Å². The number of carbonyl (C=O) groups is 2. The minimum atomic E-state index is -0.353. The lowest BCUT2D eigenvalue weighted by molar-refractivity contribution is -0.126. The molecular formula is C21H27N3O3S. The summed E-state index contributed by atoms with van der Waals surface area (Å²) >= 11 is 1.68. The molecule has 1 aliphatic rings. The predicted octanol–water partition coefficient (Wildman–Crippen LogP) is 2.92. The molecule has 2 aromatic rings. The number of ether oxygens (including phenoxy) is 1. The zero-order chi connectivity index (χ0) is 20.1. The minimum Gasteiger partial charge on any atom is -0.492 e. The van der Waals surface area contributed by atoms with Gasteiger partial charge in [-0.05, 0) is 44.6 Å². The third-order valence-corrected chi connectivity index (χ3v) is 5.89. The molecule has 1 N–H and O–H groups in total. The molecule has 0 aliphatic carbocycles. The van der Waals surface area contributed by atoms with Gasteiger partial charge in [0.1, 0.15) is 5.75 Å². The van der Waals surface area contributed by atoms with E-state index in [2.05, 4.69) is 16.3 Å². The second-order valence-electron chi connectivity index (χ2n) is 7.05. The van der Waals surface area contributed by atoms with Crippen LogP contribution < -0.4 is 15.0 Å². The van der Waals surface area contributed by atoms with Crippen molar-refractivity contribution in [2.45, 2.75) is 19.4 Å². The van der Waals surface area contributed by atoms with E-state index in [0.29, 0.717) is 25.4 Å². The number of rotatable bonds is 8. The molecule has 0 radical (unpaired) electrons. The molecule has 1 saturated heterocycles. The van der Waals surface area contributed by atoms with Gasteiger partial charge in [-0.3, -0.25) is 9.59 Å². The van der Waals surface area contributed by atoms with Crippen LogP contribution in [0.4, 0.5) is 5.69 Å². The molecule has 150 valence electrons. The molecule has 1 aromatic heterocycles. The number of thiophene rings is 1. The van der Waals surface area contributed by atoms with Crippen molar-refractivity contribution in [2.75, 3.05) is 38.7 Å². The quantitative estimate of drug-likeness (QED) is 0.739. The number of amides is 2. The number of carbonyl (C=O) groups excluding carboxylic acids is 2. The van der Waals surface area contributed by atoms with Crippen LogP contribution in [0.5, 0.6) is 5.75 Å². The van der Waals surface area contributed by atoms with Crippen LogP contribution in [0, 0.1) is 5.92 Å². The highest BCUT2D eigenvalue weighted by molar-refractivity contribution is 7.10. The summed E-state index contributed by atoms with van der Waals surface area (Å²) in [5.41, 5.74) is 0.731.